The van der Waals surface area contributed by atoms with Crippen LogP contribution in [0.1, 0.15) is 12.8 Å². The number of nitrogens with one attached hydrogen (secondary N) is 2. The third kappa shape index (κ3) is 0.998. The van der Waals surface area contributed by atoms with Crippen LogP contribution in [-0.2, 0) is 4.79 Å². The van der Waals surface area contributed by atoms with E-state index < -0.39 is 11.5 Å². The molecule has 1 atom stereocenters. The Hall–Kier alpha value is -0.710. The van der Waals surface area contributed by atoms with Gasteiger partial charge in [0.25, 0.3) is 5.92 Å². The summed E-state index contributed by atoms with van der Waals surface area (Å²) in [5.41, 5.74) is -0.969. The minimum absolute atomic E-state index is 0.278. The molecule has 2 aliphatic rings. The third-order valence-corrected chi connectivity index (χ3v) is 2.52. The molecule has 1 unspecified atom stereocenters. The maximum Gasteiger partial charge on any atom is 0.262 e. The highest BCUT2D eigenvalue weighted by Crippen LogP contribution is 2.36. The van der Waals surface area contributed by atoms with E-state index in [0.717, 1.165) is 0 Å². The molecule has 2 aliphatic heterocycles. The van der Waals surface area contributed by atoms with Crippen molar-refractivity contribution in [1.29, 1.82) is 0 Å². The van der Waals surface area contributed by atoms with E-state index in [0.29, 0.717) is 13.0 Å². The quantitative estimate of drug-likeness (QED) is 0.540. The Kier molecular flexibility index (Phi) is 1.42. The van der Waals surface area contributed by atoms with Gasteiger partial charge >= 0.3 is 0 Å². The molecule has 2 N–H and O–H groups in total. The lowest BCUT2D eigenvalue weighted by molar-refractivity contribution is -0.125. The highest BCUT2D eigenvalue weighted by Gasteiger charge is 2.55. The number of rotatable bonds is 0. The van der Waals surface area contributed by atoms with Gasteiger partial charge in [-0.25, -0.2) is 8.78 Å². The number of carbonyl (C=O) groups excluding carboxylic acids is 1. The van der Waals surface area contributed by atoms with E-state index in [9.17, 15) is 13.6 Å². The maximum absolute atomic E-state index is 12.8. The van der Waals surface area contributed by atoms with E-state index in [2.05, 4.69) is 10.6 Å². The number of hydrogen-bond donors (Lipinski definition) is 2. The van der Waals surface area contributed by atoms with Gasteiger partial charge in [-0.1, -0.05) is 0 Å². The molecule has 3 nitrogen and oxygen atoms in total. The second-order valence-electron chi connectivity index (χ2n) is 3.47. The molecular weight excluding hydrogens is 166 g/mol. The molecule has 0 saturated carbocycles. The molecule has 0 bridgehead atoms. The van der Waals surface area contributed by atoms with E-state index in [4.69, 9.17) is 0 Å². The van der Waals surface area contributed by atoms with Crippen LogP contribution in [0.2, 0.25) is 0 Å². The SMILES string of the molecule is O=C1NCCC12CC(F)(F)CN2. The molecule has 1 spiro atoms. The molecule has 2 fully saturated rings. The molecule has 0 radical (unpaired) electrons. The third-order valence-electron chi connectivity index (χ3n) is 2.52. The van der Waals surface area contributed by atoms with Crippen molar-refractivity contribution in [3.05, 3.63) is 0 Å². The molecular formula is C7H10F2N2O. The average molecular weight is 176 g/mol. The number of amides is 1. The van der Waals surface area contributed by atoms with E-state index in [1.165, 1.54) is 0 Å². The van der Waals surface area contributed by atoms with E-state index in [1.54, 1.807) is 0 Å². The summed E-state index contributed by atoms with van der Waals surface area (Å²) in [5.74, 6) is -3.00. The molecule has 1 amide bonds. The fourth-order valence-corrected chi connectivity index (χ4v) is 1.87. The van der Waals surface area contributed by atoms with Crippen molar-refractivity contribution in [3.8, 4) is 0 Å². The highest BCUT2D eigenvalue weighted by atomic mass is 19.3. The van der Waals surface area contributed by atoms with Crippen LogP contribution in [0.3, 0.4) is 0 Å². The van der Waals surface area contributed by atoms with Crippen LogP contribution in [0, 0.1) is 0 Å². The van der Waals surface area contributed by atoms with E-state index in [1.807, 2.05) is 0 Å². The van der Waals surface area contributed by atoms with Crippen LogP contribution in [0.25, 0.3) is 0 Å². The Morgan fingerprint density at radius 1 is 1.42 bits per heavy atom. The van der Waals surface area contributed by atoms with Gasteiger partial charge in [-0.2, -0.15) is 0 Å². The second kappa shape index (κ2) is 2.16. The van der Waals surface area contributed by atoms with E-state index in [-0.39, 0.29) is 18.9 Å². The van der Waals surface area contributed by atoms with Gasteiger partial charge in [0.05, 0.1) is 6.54 Å². The Labute approximate surface area is 68.5 Å². The summed E-state index contributed by atoms with van der Waals surface area (Å²) < 4.78 is 25.5. The zero-order valence-corrected chi connectivity index (χ0v) is 6.49. The van der Waals surface area contributed by atoms with Gasteiger partial charge in [-0.15, -0.1) is 0 Å². The number of halogens is 2. The molecule has 0 aromatic heterocycles. The van der Waals surface area contributed by atoms with Gasteiger partial charge in [0.15, 0.2) is 0 Å². The van der Waals surface area contributed by atoms with Crippen LogP contribution in [0.5, 0.6) is 0 Å². The molecule has 2 saturated heterocycles. The van der Waals surface area contributed by atoms with Gasteiger partial charge < -0.3 is 5.32 Å². The summed E-state index contributed by atoms with van der Waals surface area (Å²) in [6.45, 7) is 0.127. The van der Waals surface area contributed by atoms with Crippen molar-refractivity contribution in [2.45, 2.75) is 24.3 Å². The number of hydrogen-bond acceptors (Lipinski definition) is 2. The summed E-state index contributed by atoms with van der Waals surface area (Å²) in [4.78, 5) is 11.2. The first-order chi connectivity index (χ1) is 5.54. The van der Waals surface area contributed by atoms with Gasteiger partial charge in [-0.05, 0) is 6.42 Å². The summed E-state index contributed by atoms with van der Waals surface area (Å²) in [6, 6.07) is 0. The summed E-state index contributed by atoms with van der Waals surface area (Å²) in [6.07, 6.45) is 0.118. The molecule has 2 heterocycles. The fourth-order valence-electron chi connectivity index (χ4n) is 1.87. The lowest BCUT2D eigenvalue weighted by atomic mass is 9.95. The minimum Gasteiger partial charge on any atom is -0.354 e. The Morgan fingerprint density at radius 2 is 2.17 bits per heavy atom. The van der Waals surface area contributed by atoms with Crippen LogP contribution < -0.4 is 10.6 Å². The smallest absolute Gasteiger partial charge is 0.262 e. The summed E-state index contributed by atoms with van der Waals surface area (Å²) >= 11 is 0. The zero-order chi connectivity index (χ0) is 8.82. The zero-order valence-electron chi connectivity index (χ0n) is 6.49. The van der Waals surface area contributed by atoms with E-state index >= 15 is 0 Å². The van der Waals surface area contributed by atoms with Crippen molar-refractivity contribution in [1.82, 2.24) is 10.6 Å². The molecule has 68 valence electrons. The van der Waals surface area contributed by atoms with Crippen molar-refractivity contribution >= 4 is 5.91 Å². The first-order valence-corrected chi connectivity index (χ1v) is 3.95. The van der Waals surface area contributed by atoms with Crippen molar-refractivity contribution in [3.63, 3.8) is 0 Å². The molecule has 5 heteroatoms. The maximum atomic E-state index is 12.8. The normalized spacial score (nSPS) is 39.0. The Bertz CT molecular complexity index is 231. The lowest BCUT2D eigenvalue weighted by Gasteiger charge is -2.18. The van der Waals surface area contributed by atoms with Crippen LogP contribution >= 0.6 is 0 Å². The minimum atomic E-state index is -2.72. The predicted octanol–water partition coefficient (Wildman–Crippen LogP) is -0.126. The monoisotopic (exact) mass is 176 g/mol. The molecule has 0 aliphatic carbocycles. The molecule has 0 aromatic carbocycles. The fraction of sp³-hybridized carbons (Fsp3) is 0.857. The molecule has 2 rings (SSSR count). The Balaban J connectivity index is 2.19. The number of alkyl halides is 2. The first kappa shape index (κ1) is 7.91. The van der Waals surface area contributed by atoms with Crippen molar-refractivity contribution in [2.75, 3.05) is 13.1 Å². The van der Waals surface area contributed by atoms with Crippen LogP contribution in [0.15, 0.2) is 0 Å². The summed E-state index contributed by atoms with van der Waals surface area (Å²) in [7, 11) is 0. The van der Waals surface area contributed by atoms with Crippen molar-refractivity contribution in [2.24, 2.45) is 0 Å². The van der Waals surface area contributed by atoms with Crippen LogP contribution in [-0.4, -0.2) is 30.5 Å². The van der Waals surface area contributed by atoms with Crippen molar-refractivity contribution < 1.29 is 13.6 Å². The average Bonchev–Trinajstić information content (AvgIpc) is 2.43. The lowest BCUT2D eigenvalue weighted by Crippen LogP contribution is -2.46. The second-order valence-corrected chi connectivity index (χ2v) is 3.47. The number of carbonyl (C=O) groups is 1. The highest BCUT2D eigenvalue weighted by molar-refractivity contribution is 5.89. The van der Waals surface area contributed by atoms with Crippen LogP contribution in [0.4, 0.5) is 8.78 Å². The topological polar surface area (TPSA) is 41.1 Å². The van der Waals surface area contributed by atoms with Gasteiger partial charge in [0.2, 0.25) is 5.91 Å². The van der Waals surface area contributed by atoms with Gasteiger partial charge in [0.1, 0.15) is 5.54 Å². The standard InChI is InChI=1S/C7H10F2N2O/c8-7(9)3-6(11-4-7)1-2-10-5(6)12/h11H,1-4H2,(H,10,12). The molecule has 12 heavy (non-hydrogen) atoms. The van der Waals surface area contributed by atoms with Gasteiger partial charge in [0, 0.05) is 13.0 Å². The predicted molar refractivity (Wildman–Crippen MR) is 37.9 cm³/mol. The van der Waals surface area contributed by atoms with Gasteiger partial charge in [-0.3, -0.25) is 10.1 Å². The first-order valence-electron chi connectivity index (χ1n) is 3.95. The summed E-state index contributed by atoms with van der Waals surface area (Å²) in [5, 5.41) is 5.17. The largest absolute Gasteiger partial charge is 0.354 e. The molecule has 0 aromatic rings. The Morgan fingerprint density at radius 3 is 2.58 bits per heavy atom.